The second kappa shape index (κ2) is 7.62. The zero-order chi connectivity index (χ0) is 14.4. The normalized spacial score (nSPS) is 24.4. The first-order chi connectivity index (χ1) is 9.67. The molecule has 1 saturated heterocycles. The van der Waals surface area contributed by atoms with E-state index in [9.17, 15) is 5.11 Å². The SMILES string of the molecule is CC[NH+]1CC[NH+](C[C@@H](O)COc2ccc(C)cc2)CC1. The van der Waals surface area contributed by atoms with Gasteiger partial charge in [-0.05, 0) is 26.0 Å². The Balaban J connectivity index is 1.68. The number of ether oxygens (including phenoxy) is 1. The van der Waals surface area contributed by atoms with Crippen molar-refractivity contribution in [2.45, 2.75) is 20.0 Å². The van der Waals surface area contributed by atoms with Crippen molar-refractivity contribution in [2.24, 2.45) is 0 Å². The first-order valence-corrected chi connectivity index (χ1v) is 7.72. The topological polar surface area (TPSA) is 38.3 Å². The first-order valence-electron chi connectivity index (χ1n) is 7.72. The molecule has 112 valence electrons. The van der Waals surface area contributed by atoms with Gasteiger partial charge in [0.25, 0.3) is 0 Å². The highest BCUT2D eigenvalue weighted by molar-refractivity contribution is 5.26. The molecule has 3 N–H and O–H groups in total. The summed E-state index contributed by atoms with van der Waals surface area (Å²) in [7, 11) is 0. The van der Waals surface area contributed by atoms with Crippen molar-refractivity contribution in [3.63, 3.8) is 0 Å². The van der Waals surface area contributed by atoms with Gasteiger partial charge in [0.1, 0.15) is 51.2 Å². The number of piperazine rings is 1. The quantitative estimate of drug-likeness (QED) is 0.596. The molecular formula is C16H28N2O2+2. The Kier molecular flexibility index (Phi) is 5.83. The minimum absolute atomic E-state index is 0.380. The largest absolute Gasteiger partial charge is 0.491 e. The van der Waals surface area contributed by atoms with Crippen LogP contribution in [0.2, 0.25) is 0 Å². The third kappa shape index (κ3) is 4.78. The Bertz CT molecular complexity index is 386. The maximum atomic E-state index is 10.1. The molecular weight excluding hydrogens is 252 g/mol. The van der Waals surface area contributed by atoms with E-state index in [0.717, 1.165) is 25.4 Å². The number of likely N-dealkylation sites (N-methyl/N-ethyl adjacent to an activating group) is 1. The molecule has 0 aromatic heterocycles. The highest BCUT2D eigenvalue weighted by Crippen LogP contribution is 2.11. The van der Waals surface area contributed by atoms with Crippen LogP contribution in [0.15, 0.2) is 24.3 Å². The van der Waals surface area contributed by atoms with Crippen LogP contribution in [0.25, 0.3) is 0 Å². The van der Waals surface area contributed by atoms with E-state index in [1.54, 1.807) is 4.90 Å². The van der Waals surface area contributed by atoms with E-state index in [-0.39, 0.29) is 6.10 Å². The summed E-state index contributed by atoms with van der Waals surface area (Å²) in [5.74, 6) is 0.838. The monoisotopic (exact) mass is 280 g/mol. The van der Waals surface area contributed by atoms with Gasteiger partial charge in [0.2, 0.25) is 0 Å². The molecule has 1 atom stereocenters. The van der Waals surface area contributed by atoms with E-state index in [0.29, 0.717) is 6.61 Å². The van der Waals surface area contributed by atoms with Crippen molar-refractivity contribution < 1.29 is 19.6 Å². The molecule has 0 bridgehead atoms. The fraction of sp³-hybridized carbons (Fsp3) is 0.625. The number of aliphatic hydroxyl groups is 1. The second-order valence-corrected chi connectivity index (χ2v) is 5.84. The van der Waals surface area contributed by atoms with Crippen LogP contribution in [0.5, 0.6) is 5.75 Å². The molecule has 0 saturated carbocycles. The molecule has 1 fully saturated rings. The van der Waals surface area contributed by atoms with Crippen molar-refractivity contribution in [3.05, 3.63) is 29.8 Å². The van der Waals surface area contributed by atoms with Crippen LogP contribution in [-0.2, 0) is 0 Å². The molecule has 0 spiro atoms. The van der Waals surface area contributed by atoms with Crippen molar-refractivity contribution in [2.75, 3.05) is 45.9 Å². The van der Waals surface area contributed by atoms with E-state index in [2.05, 4.69) is 13.8 Å². The fourth-order valence-corrected chi connectivity index (χ4v) is 2.73. The molecule has 4 heteroatoms. The zero-order valence-electron chi connectivity index (χ0n) is 12.7. The summed E-state index contributed by atoms with van der Waals surface area (Å²) in [5.41, 5.74) is 1.22. The van der Waals surface area contributed by atoms with Crippen molar-refractivity contribution in [3.8, 4) is 5.75 Å². The summed E-state index contributed by atoms with van der Waals surface area (Å²) < 4.78 is 5.64. The predicted molar refractivity (Wildman–Crippen MR) is 79.5 cm³/mol. The summed E-state index contributed by atoms with van der Waals surface area (Å²) in [6, 6.07) is 7.97. The third-order valence-corrected chi connectivity index (χ3v) is 4.15. The van der Waals surface area contributed by atoms with Gasteiger partial charge in [-0.1, -0.05) is 17.7 Å². The van der Waals surface area contributed by atoms with E-state index >= 15 is 0 Å². The standard InChI is InChI=1S/C16H26N2O2/c1-3-17-8-10-18(11-9-17)12-15(19)13-20-16-6-4-14(2)5-7-16/h4-7,15,19H,3,8-13H2,1-2H3/p+2/t15-/m1/s1. The molecule has 0 radical (unpaired) electrons. The van der Waals surface area contributed by atoms with Gasteiger partial charge in [-0.15, -0.1) is 0 Å². The molecule has 1 aliphatic rings. The summed E-state index contributed by atoms with van der Waals surface area (Å²) in [6.45, 7) is 11.4. The van der Waals surface area contributed by atoms with Crippen LogP contribution >= 0.6 is 0 Å². The van der Waals surface area contributed by atoms with Gasteiger partial charge in [0.15, 0.2) is 0 Å². The molecule has 1 aliphatic heterocycles. The molecule has 1 aromatic rings. The van der Waals surface area contributed by atoms with Crippen LogP contribution in [0, 0.1) is 6.92 Å². The Morgan fingerprint density at radius 3 is 2.30 bits per heavy atom. The number of benzene rings is 1. The Labute approximate surface area is 122 Å². The van der Waals surface area contributed by atoms with Gasteiger partial charge in [0, 0.05) is 0 Å². The van der Waals surface area contributed by atoms with E-state index in [4.69, 9.17) is 4.74 Å². The summed E-state index contributed by atoms with van der Waals surface area (Å²) in [4.78, 5) is 3.18. The van der Waals surface area contributed by atoms with Gasteiger partial charge >= 0.3 is 0 Å². The van der Waals surface area contributed by atoms with Gasteiger partial charge in [0.05, 0.1) is 6.54 Å². The van der Waals surface area contributed by atoms with Crippen molar-refractivity contribution in [1.82, 2.24) is 0 Å². The number of quaternary nitrogens is 2. The highest BCUT2D eigenvalue weighted by Gasteiger charge is 2.23. The van der Waals surface area contributed by atoms with Gasteiger partial charge in [-0.3, -0.25) is 0 Å². The first kappa shape index (κ1) is 15.3. The van der Waals surface area contributed by atoms with E-state index < -0.39 is 0 Å². The number of aliphatic hydroxyl groups excluding tert-OH is 1. The van der Waals surface area contributed by atoms with Crippen LogP contribution in [0.3, 0.4) is 0 Å². The van der Waals surface area contributed by atoms with Crippen LogP contribution in [0.1, 0.15) is 12.5 Å². The van der Waals surface area contributed by atoms with Crippen LogP contribution in [-0.4, -0.2) is 57.1 Å². The Morgan fingerprint density at radius 2 is 1.70 bits per heavy atom. The average Bonchev–Trinajstić information content (AvgIpc) is 2.47. The molecule has 20 heavy (non-hydrogen) atoms. The number of hydrogen-bond donors (Lipinski definition) is 3. The van der Waals surface area contributed by atoms with E-state index in [1.165, 1.54) is 30.1 Å². The maximum absolute atomic E-state index is 10.1. The van der Waals surface area contributed by atoms with Crippen molar-refractivity contribution >= 4 is 0 Å². The Hall–Kier alpha value is -1.10. The van der Waals surface area contributed by atoms with Gasteiger partial charge in [-0.25, -0.2) is 0 Å². The smallest absolute Gasteiger partial charge is 0.137 e. The lowest BCUT2D eigenvalue weighted by Crippen LogP contribution is -3.28. The number of nitrogens with one attached hydrogen (secondary N) is 2. The number of aryl methyl sites for hydroxylation is 1. The maximum Gasteiger partial charge on any atom is 0.137 e. The molecule has 4 nitrogen and oxygen atoms in total. The molecule has 0 aliphatic carbocycles. The summed E-state index contributed by atoms with van der Waals surface area (Å²) >= 11 is 0. The van der Waals surface area contributed by atoms with Crippen molar-refractivity contribution in [1.29, 1.82) is 0 Å². The molecule has 2 rings (SSSR count). The fourth-order valence-electron chi connectivity index (χ4n) is 2.73. The molecule has 0 unspecified atom stereocenters. The minimum atomic E-state index is -0.380. The molecule has 1 heterocycles. The highest BCUT2D eigenvalue weighted by atomic mass is 16.5. The van der Waals surface area contributed by atoms with E-state index in [1.807, 2.05) is 24.3 Å². The lowest BCUT2D eigenvalue weighted by molar-refractivity contribution is -1.01. The molecule has 1 aromatic carbocycles. The zero-order valence-corrected chi connectivity index (χ0v) is 12.7. The second-order valence-electron chi connectivity index (χ2n) is 5.84. The van der Waals surface area contributed by atoms with Crippen LogP contribution < -0.4 is 14.5 Å². The number of rotatable bonds is 6. The average molecular weight is 280 g/mol. The Morgan fingerprint density at radius 1 is 1.10 bits per heavy atom. The summed E-state index contributed by atoms with van der Waals surface area (Å²) in [6.07, 6.45) is -0.380. The third-order valence-electron chi connectivity index (χ3n) is 4.15. The minimum Gasteiger partial charge on any atom is -0.491 e. The van der Waals surface area contributed by atoms with Crippen LogP contribution in [0.4, 0.5) is 0 Å². The molecule has 0 amide bonds. The lowest BCUT2D eigenvalue weighted by Gasteiger charge is -2.30. The number of hydrogen-bond acceptors (Lipinski definition) is 2. The lowest BCUT2D eigenvalue weighted by atomic mass is 10.2. The predicted octanol–water partition coefficient (Wildman–Crippen LogP) is -1.46. The summed E-state index contributed by atoms with van der Waals surface area (Å²) in [5, 5.41) is 10.1. The van der Waals surface area contributed by atoms with Gasteiger partial charge < -0.3 is 19.6 Å². The van der Waals surface area contributed by atoms with Gasteiger partial charge in [-0.2, -0.15) is 0 Å².